The minimum absolute atomic E-state index is 0.0730. The zero-order valence-corrected chi connectivity index (χ0v) is 12.3. The molecule has 0 fully saturated rings. The molecule has 5 heteroatoms. The van der Waals surface area contributed by atoms with E-state index in [-0.39, 0.29) is 11.6 Å². The smallest absolute Gasteiger partial charge is 0.323 e. The lowest BCUT2D eigenvalue weighted by atomic mass is 10.1. The number of carbonyl (C=O) groups excluding carboxylic acids is 1. The Morgan fingerprint density at radius 2 is 1.77 bits per heavy atom. The third-order valence-electron chi connectivity index (χ3n) is 3.59. The van der Waals surface area contributed by atoms with Crippen molar-refractivity contribution in [2.75, 3.05) is 6.54 Å². The average Bonchev–Trinajstić information content (AvgIpc) is 2.87. The highest BCUT2D eigenvalue weighted by molar-refractivity contribution is 5.94. The number of imidazole rings is 1. The predicted octanol–water partition coefficient (Wildman–Crippen LogP) is 2.14. The van der Waals surface area contributed by atoms with E-state index >= 15 is 0 Å². The number of amides is 1. The second-order valence-electron chi connectivity index (χ2n) is 5.33. The summed E-state index contributed by atoms with van der Waals surface area (Å²) in [6.45, 7) is 2.54. The Kier molecular flexibility index (Phi) is 3.78. The van der Waals surface area contributed by atoms with Crippen LogP contribution in [0.15, 0.2) is 47.3 Å². The van der Waals surface area contributed by atoms with Gasteiger partial charge in [-0.05, 0) is 43.2 Å². The fourth-order valence-corrected chi connectivity index (χ4v) is 2.36. The van der Waals surface area contributed by atoms with Crippen LogP contribution in [0, 0.1) is 6.92 Å². The zero-order chi connectivity index (χ0) is 15.5. The summed E-state index contributed by atoms with van der Waals surface area (Å²) in [7, 11) is 0. The van der Waals surface area contributed by atoms with Gasteiger partial charge in [-0.25, -0.2) is 4.79 Å². The molecule has 0 saturated carbocycles. The maximum Gasteiger partial charge on any atom is 0.323 e. The van der Waals surface area contributed by atoms with E-state index in [1.807, 2.05) is 49.4 Å². The third kappa shape index (κ3) is 3.09. The number of aromatic nitrogens is 2. The summed E-state index contributed by atoms with van der Waals surface area (Å²) in [6.07, 6.45) is 0.709. The minimum atomic E-state index is -0.208. The van der Waals surface area contributed by atoms with Crippen molar-refractivity contribution in [2.45, 2.75) is 13.3 Å². The molecule has 0 aliphatic heterocycles. The van der Waals surface area contributed by atoms with Gasteiger partial charge in [-0.2, -0.15) is 0 Å². The Hall–Kier alpha value is -2.82. The standard InChI is InChI=1S/C17H17N3O2/c1-11-2-5-13(6-3-11)16(21)18-9-8-12-4-7-14-15(10-12)20-17(22)19-14/h2-7,10H,8-9H2,1H3,(H,18,21)(H2,19,20,22). The van der Waals surface area contributed by atoms with Gasteiger partial charge in [-0.15, -0.1) is 0 Å². The summed E-state index contributed by atoms with van der Waals surface area (Å²) in [6, 6.07) is 13.2. The number of hydrogen-bond donors (Lipinski definition) is 3. The molecule has 0 spiro atoms. The molecular weight excluding hydrogens is 278 g/mol. The molecule has 3 N–H and O–H groups in total. The second kappa shape index (κ2) is 5.89. The second-order valence-corrected chi connectivity index (χ2v) is 5.33. The lowest BCUT2D eigenvalue weighted by molar-refractivity contribution is 0.0954. The van der Waals surface area contributed by atoms with E-state index in [9.17, 15) is 9.59 Å². The molecule has 1 heterocycles. The van der Waals surface area contributed by atoms with Crippen LogP contribution >= 0.6 is 0 Å². The zero-order valence-electron chi connectivity index (χ0n) is 12.3. The van der Waals surface area contributed by atoms with Crippen molar-refractivity contribution in [1.29, 1.82) is 0 Å². The van der Waals surface area contributed by atoms with Gasteiger partial charge in [0.1, 0.15) is 0 Å². The molecule has 2 aromatic carbocycles. The molecule has 22 heavy (non-hydrogen) atoms. The summed E-state index contributed by atoms with van der Waals surface area (Å²) in [5.41, 5.74) is 4.22. The van der Waals surface area contributed by atoms with Gasteiger partial charge in [0.15, 0.2) is 0 Å². The van der Waals surface area contributed by atoms with Crippen LogP contribution in [-0.4, -0.2) is 22.4 Å². The predicted molar refractivity (Wildman–Crippen MR) is 86.1 cm³/mol. The fourth-order valence-electron chi connectivity index (χ4n) is 2.36. The number of fused-ring (bicyclic) bond motifs is 1. The molecule has 3 aromatic rings. The molecule has 0 aliphatic rings. The van der Waals surface area contributed by atoms with Crippen LogP contribution in [0.2, 0.25) is 0 Å². The number of aryl methyl sites for hydroxylation is 1. The van der Waals surface area contributed by atoms with Gasteiger partial charge in [-0.3, -0.25) is 4.79 Å². The Morgan fingerprint density at radius 1 is 1.05 bits per heavy atom. The van der Waals surface area contributed by atoms with Crippen LogP contribution in [0.3, 0.4) is 0 Å². The first-order valence-corrected chi connectivity index (χ1v) is 7.17. The largest absolute Gasteiger partial charge is 0.352 e. The highest BCUT2D eigenvalue weighted by atomic mass is 16.1. The molecule has 5 nitrogen and oxygen atoms in total. The Balaban J connectivity index is 1.60. The molecule has 0 bridgehead atoms. The first-order chi connectivity index (χ1) is 10.6. The number of benzene rings is 2. The summed E-state index contributed by atoms with van der Waals surface area (Å²) >= 11 is 0. The lowest BCUT2D eigenvalue weighted by Gasteiger charge is -2.06. The van der Waals surface area contributed by atoms with E-state index in [1.165, 1.54) is 0 Å². The quantitative estimate of drug-likeness (QED) is 0.689. The molecule has 0 unspecified atom stereocenters. The summed E-state index contributed by atoms with van der Waals surface area (Å²) < 4.78 is 0. The van der Waals surface area contributed by atoms with E-state index < -0.39 is 0 Å². The van der Waals surface area contributed by atoms with Gasteiger partial charge in [0, 0.05) is 12.1 Å². The Morgan fingerprint density at radius 3 is 2.55 bits per heavy atom. The maximum absolute atomic E-state index is 12.0. The van der Waals surface area contributed by atoms with E-state index in [1.54, 1.807) is 0 Å². The van der Waals surface area contributed by atoms with Crippen molar-refractivity contribution in [3.8, 4) is 0 Å². The van der Waals surface area contributed by atoms with Crippen LogP contribution in [0.4, 0.5) is 0 Å². The number of aromatic amines is 2. The molecule has 0 saturated heterocycles. The third-order valence-corrected chi connectivity index (χ3v) is 3.59. The monoisotopic (exact) mass is 295 g/mol. The molecule has 112 valence electrons. The van der Waals surface area contributed by atoms with Crippen molar-refractivity contribution < 1.29 is 4.79 Å². The summed E-state index contributed by atoms with van der Waals surface area (Å²) in [5, 5.41) is 2.90. The lowest BCUT2D eigenvalue weighted by Crippen LogP contribution is -2.25. The Bertz CT molecular complexity index is 859. The molecule has 0 aliphatic carbocycles. The van der Waals surface area contributed by atoms with Crippen LogP contribution in [0.5, 0.6) is 0 Å². The van der Waals surface area contributed by atoms with Gasteiger partial charge in [0.05, 0.1) is 11.0 Å². The molecule has 1 aromatic heterocycles. The SMILES string of the molecule is Cc1ccc(C(=O)NCCc2ccc3[nH]c(=O)[nH]c3c2)cc1. The van der Waals surface area contributed by atoms with E-state index in [0.29, 0.717) is 18.5 Å². The van der Waals surface area contributed by atoms with E-state index in [0.717, 1.165) is 22.2 Å². The normalized spacial score (nSPS) is 10.8. The van der Waals surface area contributed by atoms with Crippen molar-refractivity contribution in [1.82, 2.24) is 15.3 Å². The van der Waals surface area contributed by atoms with Gasteiger partial charge in [0.25, 0.3) is 5.91 Å². The van der Waals surface area contributed by atoms with Crippen molar-refractivity contribution >= 4 is 16.9 Å². The van der Waals surface area contributed by atoms with Crippen LogP contribution in [-0.2, 0) is 6.42 Å². The molecule has 1 amide bonds. The number of H-pyrrole nitrogens is 2. The number of rotatable bonds is 4. The summed E-state index contributed by atoms with van der Waals surface area (Å²) in [4.78, 5) is 28.7. The first kappa shape index (κ1) is 14.1. The number of hydrogen-bond acceptors (Lipinski definition) is 2. The average molecular weight is 295 g/mol. The van der Waals surface area contributed by atoms with Gasteiger partial charge >= 0.3 is 5.69 Å². The van der Waals surface area contributed by atoms with Gasteiger partial charge < -0.3 is 15.3 Å². The van der Waals surface area contributed by atoms with Crippen LogP contribution < -0.4 is 11.0 Å². The Labute approximate surface area is 127 Å². The van der Waals surface area contributed by atoms with E-state index in [4.69, 9.17) is 0 Å². The number of carbonyl (C=O) groups is 1. The molecule has 0 radical (unpaired) electrons. The van der Waals surface area contributed by atoms with E-state index in [2.05, 4.69) is 15.3 Å². The minimum Gasteiger partial charge on any atom is -0.352 e. The van der Waals surface area contributed by atoms with Crippen LogP contribution in [0.1, 0.15) is 21.5 Å². The highest BCUT2D eigenvalue weighted by Crippen LogP contribution is 2.10. The van der Waals surface area contributed by atoms with Crippen molar-refractivity contribution in [3.05, 3.63) is 69.6 Å². The van der Waals surface area contributed by atoms with Crippen molar-refractivity contribution in [2.24, 2.45) is 0 Å². The molecule has 3 rings (SSSR count). The topological polar surface area (TPSA) is 77.8 Å². The maximum atomic E-state index is 12.0. The first-order valence-electron chi connectivity index (χ1n) is 7.17. The number of nitrogens with one attached hydrogen (secondary N) is 3. The van der Waals surface area contributed by atoms with Crippen LogP contribution in [0.25, 0.3) is 11.0 Å². The summed E-state index contributed by atoms with van der Waals surface area (Å²) in [5.74, 6) is -0.0730. The van der Waals surface area contributed by atoms with Gasteiger partial charge in [-0.1, -0.05) is 23.8 Å². The highest BCUT2D eigenvalue weighted by Gasteiger charge is 2.05. The van der Waals surface area contributed by atoms with Gasteiger partial charge in [0.2, 0.25) is 0 Å². The van der Waals surface area contributed by atoms with Crippen molar-refractivity contribution in [3.63, 3.8) is 0 Å². The fraction of sp³-hybridized carbons (Fsp3) is 0.176. The molecular formula is C17H17N3O2. The molecule has 0 atom stereocenters.